The second kappa shape index (κ2) is 5.94. The highest BCUT2D eigenvalue weighted by molar-refractivity contribution is 5.98. The summed E-state index contributed by atoms with van der Waals surface area (Å²) >= 11 is 0. The number of aliphatic imine (C=N–C) groups is 1. The van der Waals surface area contributed by atoms with Crippen LogP contribution in [0.2, 0.25) is 0 Å². The van der Waals surface area contributed by atoms with Crippen LogP contribution in [0.15, 0.2) is 17.1 Å². The summed E-state index contributed by atoms with van der Waals surface area (Å²) in [5.41, 5.74) is 7.69. The number of hydrogen-bond donors (Lipinski definition) is 1. The van der Waals surface area contributed by atoms with Crippen LogP contribution in [0, 0.1) is 16.0 Å². The highest BCUT2D eigenvalue weighted by atomic mass is 16.6. The number of benzene rings is 1. The monoisotopic (exact) mass is 304 g/mol. The lowest BCUT2D eigenvalue weighted by Gasteiger charge is -2.22. The molecule has 1 saturated heterocycles. The molecule has 0 spiro atoms. The first-order chi connectivity index (χ1) is 10.2. The smallest absolute Gasteiger partial charge is 0.293 e. The molecule has 0 amide bonds. The summed E-state index contributed by atoms with van der Waals surface area (Å²) in [7, 11) is 0. The highest BCUT2D eigenvalue weighted by Crippen LogP contribution is 2.37. The molecule has 1 heterocycles. The zero-order chi connectivity index (χ0) is 16.5. The highest BCUT2D eigenvalue weighted by Gasteiger charge is 2.29. The summed E-state index contributed by atoms with van der Waals surface area (Å²) in [6.07, 6.45) is 2.71. The van der Waals surface area contributed by atoms with E-state index in [1.165, 1.54) is 6.07 Å². The number of nitrogens with two attached hydrogens (primary N) is 1. The second-order valence-electron chi connectivity index (χ2n) is 6.96. The molecule has 6 nitrogen and oxygen atoms in total. The quantitative estimate of drug-likeness (QED) is 0.402. The fourth-order valence-corrected chi connectivity index (χ4v) is 2.62. The molecular weight excluding hydrogens is 280 g/mol. The van der Waals surface area contributed by atoms with Crippen molar-refractivity contribution in [3.63, 3.8) is 0 Å². The number of nitrogen functional groups attached to an aromatic ring is 1. The van der Waals surface area contributed by atoms with Gasteiger partial charge < -0.3 is 10.6 Å². The molecule has 0 unspecified atom stereocenters. The van der Waals surface area contributed by atoms with Crippen molar-refractivity contribution in [3.8, 4) is 0 Å². The third-order valence-electron chi connectivity index (χ3n) is 3.75. The Kier molecular flexibility index (Phi) is 4.39. The Morgan fingerprint density at radius 1 is 1.45 bits per heavy atom. The molecule has 2 N–H and O–H groups in total. The molecule has 1 aromatic rings. The minimum Gasteiger partial charge on any atom is -0.398 e. The third-order valence-corrected chi connectivity index (χ3v) is 3.75. The predicted molar refractivity (Wildman–Crippen MR) is 90.8 cm³/mol. The van der Waals surface area contributed by atoms with Crippen LogP contribution >= 0.6 is 0 Å². The number of hydrogen-bond acceptors (Lipinski definition) is 5. The van der Waals surface area contributed by atoms with Crippen molar-refractivity contribution in [3.05, 3.63) is 27.8 Å². The van der Waals surface area contributed by atoms with Crippen LogP contribution in [0.5, 0.6) is 0 Å². The Hall–Kier alpha value is -2.11. The van der Waals surface area contributed by atoms with E-state index in [9.17, 15) is 10.1 Å². The van der Waals surface area contributed by atoms with E-state index in [4.69, 9.17) is 5.73 Å². The summed E-state index contributed by atoms with van der Waals surface area (Å²) in [6, 6.07) is 3.08. The van der Waals surface area contributed by atoms with Gasteiger partial charge in [0.2, 0.25) is 0 Å². The molecule has 120 valence electrons. The molecule has 0 aromatic heterocycles. The summed E-state index contributed by atoms with van der Waals surface area (Å²) in [5, 5.41) is 11.4. The molecule has 0 radical (unpaired) electrons. The average molecular weight is 304 g/mol. The summed E-state index contributed by atoms with van der Waals surface area (Å²) in [5.74, 6) is 0.522. The Balaban J connectivity index is 2.57. The van der Waals surface area contributed by atoms with E-state index in [2.05, 4.69) is 16.8 Å². The van der Waals surface area contributed by atoms with E-state index in [0.717, 1.165) is 19.5 Å². The molecule has 6 heteroatoms. The van der Waals surface area contributed by atoms with Gasteiger partial charge in [-0.05, 0) is 39.2 Å². The first-order valence-electron chi connectivity index (χ1n) is 7.56. The van der Waals surface area contributed by atoms with Crippen molar-refractivity contribution >= 4 is 23.3 Å². The van der Waals surface area contributed by atoms with Crippen molar-refractivity contribution in [2.75, 3.05) is 23.7 Å². The Morgan fingerprint density at radius 3 is 2.64 bits per heavy atom. The van der Waals surface area contributed by atoms with Gasteiger partial charge in [0.1, 0.15) is 5.69 Å². The molecular formula is C16H24N4O2. The fraction of sp³-hybridized carbons (Fsp3) is 0.562. The van der Waals surface area contributed by atoms with Crippen molar-refractivity contribution in [1.82, 2.24) is 0 Å². The summed E-state index contributed by atoms with van der Waals surface area (Å²) in [6.45, 7) is 9.71. The lowest BCUT2D eigenvalue weighted by atomic mass is 10.1. The third kappa shape index (κ3) is 3.55. The first kappa shape index (κ1) is 16.3. The van der Waals surface area contributed by atoms with Gasteiger partial charge in [0.05, 0.1) is 10.5 Å². The Labute approximate surface area is 131 Å². The van der Waals surface area contributed by atoms with E-state index >= 15 is 0 Å². The van der Waals surface area contributed by atoms with Gasteiger partial charge in [-0.1, -0.05) is 6.92 Å². The molecule has 0 saturated carbocycles. The normalized spacial score (nSPS) is 19.1. The lowest BCUT2D eigenvalue weighted by Crippen LogP contribution is -2.23. The van der Waals surface area contributed by atoms with Crippen LogP contribution in [0.1, 0.15) is 39.7 Å². The van der Waals surface area contributed by atoms with E-state index < -0.39 is 0 Å². The molecule has 1 aliphatic rings. The van der Waals surface area contributed by atoms with Crippen molar-refractivity contribution < 1.29 is 4.92 Å². The number of nitro benzene ring substituents is 1. The van der Waals surface area contributed by atoms with Crippen molar-refractivity contribution in [1.29, 1.82) is 0 Å². The second-order valence-corrected chi connectivity index (χ2v) is 6.96. The molecule has 1 aromatic carbocycles. The Bertz CT molecular complexity index is 605. The standard InChI is InChI=1S/C16H24N4O2/c1-11-7-8-19(10-11)15-12(9-18-16(2,3)4)13(17)5-6-14(15)20(21)22/h5-6,9,11H,7-8,10,17H2,1-4H3/t11-/m0/s1. The zero-order valence-corrected chi connectivity index (χ0v) is 13.7. The average Bonchev–Trinajstić information content (AvgIpc) is 2.81. The summed E-state index contributed by atoms with van der Waals surface area (Å²) in [4.78, 5) is 17.6. The number of nitro groups is 1. The maximum absolute atomic E-state index is 11.4. The number of nitrogens with zero attached hydrogens (tertiary/aromatic N) is 3. The maximum atomic E-state index is 11.4. The zero-order valence-electron chi connectivity index (χ0n) is 13.7. The SMILES string of the molecule is C[C@H]1CCN(c2c([N+](=O)[O-])ccc(N)c2C=NC(C)(C)C)C1. The predicted octanol–water partition coefficient (Wildman–Crippen LogP) is 3.24. The maximum Gasteiger partial charge on any atom is 0.293 e. The van der Waals surface area contributed by atoms with Crippen LogP contribution in [0.4, 0.5) is 17.1 Å². The van der Waals surface area contributed by atoms with Crippen LogP contribution < -0.4 is 10.6 Å². The van der Waals surface area contributed by atoms with Gasteiger partial charge in [-0.3, -0.25) is 15.1 Å². The molecule has 1 aliphatic heterocycles. The van der Waals surface area contributed by atoms with Crippen LogP contribution in [-0.4, -0.2) is 29.8 Å². The topological polar surface area (TPSA) is 84.8 Å². The minimum absolute atomic E-state index is 0.0960. The van der Waals surface area contributed by atoms with E-state index in [1.54, 1.807) is 12.3 Å². The van der Waals surface area contributed by atoms with E-state index in [0.29, 0.717) is 22.9 Å². The van der Waals surface area contributed by atoms with Gasteiger partial charge >= 0.3 is 0 Å². The van der Waals surface area contributed by atoms with Gasteiger partial charge in [-0.2, -0.15) is 0 Å². The largest absolute Gasteiger partial charge is 0.398 e. The van der Waals surface area contributed by atoms with E-state index in [-0.39, 0.29) is 16.1 Å². The first-order valence-corrected chi connectivity index (χ1v) is 7.56. The summed E-state index contributed by atoms with van der Waals surface area (Å²) < 4.78 is 0. The fourth-order valence-electron chi connectivity index (χ4n) is 2.62. The molecule has 0 aliphatic carbocycles. The van der Waals surface area contributed by atoms with E-state index in [1.807, 2.05) is 20.8 Å². The van der Waals surface area contributed by atoms with Crippen LogP contribution in [-0.2, 0) is 0 Å². The van der Waals surface area contributed by atoms with Crippen LogP contribution in [0.25, 0.3) is 0 Å². The number of anilines is 2. The molecule has 0 bridgehead atoms. The van der Waals surface area contributed by atoms with Gasteiger partial charge in [0.15, 0.2) is 0 Å². The van der Waals surface area contributed by atoms with Gasteiger partial charge in [0, 0.05) is 36.6 Å². The van der Waals surface area contributed by atoms with Gasteiger partial charge in [-0.25, -0.2) is 0 Å². The molecule has 1 atom stereocenters. The Morgan fingerprint density at radius 2 is 2.14 bits per heavy atom. The minimum atomic E-state index is -0.341. The van der Waals surface area contributed by atoms with Crippen molar-refractivity contribution in [2.45, 2.75) is 39.7 Å². The molecule has 1 fully saturated rings. The van der Waals surface area contributed by atoms with Crippen molar-refractivity contribution in [2.24, 2.45) is 10.9 Å². The van der Waals surface area contributed by atoms with Gasteiger partial charge in [0.25, 0.3) is 5.69 Å². The lowest BCUT2D eigenvalue weighted by molar-refractivity contribution is -0.384. The number of rotatable bonds is 3. The van der Waals surface area contributed by atoms with Crippen LogP contribution in [0.3, 0.4) is 0 Å². The molecule has 22 heavy (non-hydrogen) atoms. The molecule has 2 rings (SSSR count). The van der Waals surface area contributed by atoms with Gasteiger partial charge in [-0.15, -0.1) is 0 Å².